The number of nitrogens with one attached hydrogen (secondary N) is 1. The topological polar surface area (TPSA) is 67.2 Å². The molecule has 0 bridgehead atoms. The fourth-order valence-electron chi connectivity index (χ4n) is 3.40. The molecule has 0 saturated carbocycles. The van der Waals surface area contributed by atoms with Crippen LogP contribution in [0.3, 0.4) is 0 Å². The van der Waals surface area contributed by atoms with Crippen molar-refractivity contribution in [1.82, 2.24) is 14.7 Å². The summed E-state index contributed by atoms with van der Waals surface area (Å²) in [6, 6.07) is 16.8. The normalized spacial score (nSPS) is 11.4. The lowest BCUT2D eigenvalue weighted by atomic mass is 9.92. The van der Waals surface area contributed by atoms with Crippen molar-refractivity contribution >= 4 is 52.6 Å². The second kappa shape index (κ2) is 12.7. The van der Waals surface area contributed by atoms with E-state index < -0.39 is 0 Å². The van der Waals surface area contributed by atoms with E-state index in [2.05, 4.69) is 33.0 Å². The van der Waals surface area contributed by atoms with Gasteiger partial charge in [0.25, 0.3) is 0 Å². The van der Waals surface area contributed by atoms with Crippen LogP contribution in [0, 0.1) is 0 Å². The van der Waals surface area contributed by atoms with E-state index in [1.54, 1.807) is 27.8 Å². The zero-order chi connectivity index (χ0) is 26.3. The molecule has 1 N–H and O–H groups in total. The molecule has 1 heterocycles. The molecule has 9 heteroatoms. The smallest absolute Gasteiger partial charge is 0.245 e. The average molecular weight is 548 g/mol. The highest BCUT2D eigenvalue weighted by molar-refractivity contribution is 8.00. The molecule has 3 aromatic rings. The van der Waals surface area contributed by atoms with Crippen molar-refractivity contribution in [3.8, 4) is 5.69 Å². The summed E-state index contributed by atoms with van der Waals surface area (Å²) in [5, 5.41) is 8.51. The molecular weight excluding hydrogens is 515 g/mol. The number of amides is 2. The zero-order valence-corrected chi connectivity index (χ0v) is 23.4. The number of thioether (sulfide) groups is 1. The van der Waals surface area contributed by atoms with Crippen molar-refractivity contribution in [2.24, 2.45) is 0 Å². The fourth-order valence-corrected chi connectivity index (χ4v) is 4.51. The van der Waals surface area contributed by atoms with Crippen molar-refractivity contribution in [3.05, 3.63) is 70.3 Å². The maximum atomic E-state index is 13.1. The number of rotatable bonds is 10. The van der Waals surface area contributed by atoms with Gasteiger partial charge in [-0.2, -0.15) is 5.10 Å². The van der Waals surface area contributed by atoms with Gasteiger partial charge in [0.1, 0.15) is 5.82 Å². The lowest BCUT2D eigenvalue weighted by molar-refractivity contribution is -0.132. The number of aromatic nitrogens is 2. The van der Waals surface area contributed by atoms with Gasteiger partial charge in [-0.05, 0) is 36.8 Å². The van der Waals surface area contributed by atoms with Gasteiger partial charge in [-0.15, -0.1) is 11.8 Å². The number of carbonyl (C=O) groups is 2. The third kappa shape index (κ3) is 7.76. The molecule has 0 unspecified atom stereocenters. The average Bonchev–Trinajstić information content (AvgIpc) is 3.26. The second-order valence-corrected chi connectivity index (χ2v) is 11.4. The highest BCUT2D eigenvalue weighted by Crippen LogP contribution is 2.29. The van der Waals surface area contributed by atoms with Crippen LogP contribution in [0.4, 0.5) is 5.82 Å². The number of hydrogen-bond donors (Lipinski definition) is 1. The SMILES string of the molecule is CCCCN(CC(=O)Nc1cc(C(C)(C)C)nn1-c1ccc(Cl)c(Cl)c1)C(=O)CSc1ccccc1. The van der Waals surface area contributed by atoms with Gasteiger partial charge in [0.15, 0.2) is 0 Å². The first-order valence-electron chi connectivity index (χ1n) is 11.9. The Hall–Kier alpha value is -2.48. The predicted octanol–water partition coefficient (Wildman–Crippen LogP) is 6.84. The number of nitrogens with zero attached hydrogens (tertiary/aromatic N) is 3. The Bertz CT molecular complexity index is 1190. The number of hydrogen-bond acceptors (Lipinski definition) is 4. The van der Waals surface area contributed by atoms with Gasteiger partial charge in [-0.3, -0.25) is 9.59 Å². The van der Waals surface area contributed by atoms with Crippen LogP contribution < -0.4 is 5.32 Å². The Morgan fingerprint density at radius 1 is 1.06 bits per heavy atom. The Labute approximate surface area is 227 Å². The first-order valence-corrected chi connectivity index (χ1v) is 13.6. The van der Waals surface area contributed by atoms with Gasteiger partial charge in [-0.1, -0.05) is 75.5 Å². The minimum Gasteiger partial charge on any atom is -0.333 e. The van der Waals surface area contributed by atoms with E-state index in [9.17, 15) is 9.59 Å². The Morgan fingerprint density at radius 2 is 1.78 bits per heavy atom. The molecule has 0 aliphatic heterocycles. The summed E-state index contributed by atoms with van der Waals surface area (Å²) in [6.07, 6.45) is 1.75. The molecule has 0 fully saturated rings. The molecule has 1 aromatic heterocycles. The van der Waals surface area contributed by atoms with E-state index >= 15 is 0 Å². The monoisotopic (exact) mass is 546 g/mol. The van der Waals surface area contributed by atoms with Crippen molar-refractivity contribution in [2.75, 3.05) is 24.2 Å². The summed E-state index contributed by atoms with van der Waals surface area (Å²) in [5.41, 5.74) is 1.24. The Kier molecular flexibility index (Phi) is 9.88. The summed E-state index contributed by atoms with van der Waals surface area (Å²) in [5.74, 6) is 0.424. The number of unbranched alkanes of at least 4 members (excludes halogenated alkanes) is 1. The van der Waals surface area contributed by atoms with Crippen molar-refractivity contribution < 1.29 is 9.59 Å². The molecule has 2 aromatic carbocycles. The van der Waals surface area contributed by atoms with Gasteiger partial charge in [0, 0.05) is 22.9 Å². The van der Waals surface area contributed by atoms with Gasteiger partial charge in [0.2, 0.25) is 11.8 Å². The molecule has 0 aliphatic rings. The number of halogens is 2. The lowest BCUT2D eigenvalue weighted by Gasteiger charge is -2.22. The minimum atomic E-state index is -0.286. The second-order valence-electron chi connectivity index (χ2n) is 9.49. The number of anilines is 1. The maximum absolute atomic E-state index is 13.1. The molecule has 0 aliphatic carbocycles. The third-order valence-electron chi connectivity index (χ3n) is 5.47. The summed E-state index contributed by atoms with van der Waals surface area (Å²) in [6.45, 7) is 8.70. The van der Waals surface area contributed by atoms with Crippen LogP contribution in [-0.4, -0.2) is 45.3 Å². The molecule has 0 spiro atoms. The highest BCUT2D eigenvalue weighted by Gasteiger charge is 2.23. The Morgan fingerprint density at radius 3 is 2.42 bits per heavy atom. The van der Waals surface area contributed by atoms with E-state index in [1.165, 1.54) is 11.8 Å². The van der Waals surface area contributed by atoms with Crippen LogP contribution in [0.1, 0.15) is 46.2 Å². The molecule has 0 atom stereocenters. The molecule has 0 saturated heterocycles. The summed E-state index contributed by atoms with van der Waals surface area (Å²) >= 11 is 13.8. The van der Waals surface area contributed by atoms with Crippen LogP contribution in [0.25, 0.3) is 5.69 Å². The highest BCUT2D eigenvalue weighted by atomic mass is 35.5. The molecule has 0 radical (unpaired) electrons. The summed E-state index contributed by atoms with van der Waals surface area (Å²) < 4.78 is 1.64. The van der Waals surface area contributed by atoms with Crippen molar-refractivity contribution in [1.29, 1.82) is 0 Å². The van der Waals surface area contributed by atoms with E-state index in [1.807, 2.05) is 36.4 Å². The van der Waals surface area contributed by atoms with Crippen LogP contribution in [0.2, 0.25) is 10.0 Å². The van der Waals surface area contributed by atoms with Gasteiger partial charge < -0.3 is 10.2 Å². The standard InChI is InChI=1S/C27H32Cl2N4O2S/c1-5-6-14-32(26(35)18-36-20-10-8-7-9-11-20)17-25(34)30-24-16-23(27(2,3)4)31-33(24)19-12-13-21(28)22(29)15-19/h7-13,15-16H,5-6,14,17-18H2,1-4H3,(H,30,34). The van der Waals surface area contributed by atoms with Gasteiger partial charge in [-0.25, -0.2) is 4.68 Å². The first-order chi connectivity index (χ1) is 17.1. The summed E-state index contributed by atoms with van der Waals surface area (Å²) in [4.78, 5) is 28.8. The van der Waals surface area contributed by atoms with Crippen LogP contribution >= 0.6 is 35.0 Å². The minimum absolute atomic E-state index is 0.0361. The lowest BCUT2D eigenvalue weighted by Crippen LogP contribution is -2.39. The van der Waals surface area contributed by atoms with Gasteiger partial charge in [0.05, 0.1) is 33.7 Å². The quantitative estimate of drug-likeness (QED) is 0.283. The summed E-state index contributed by atoms with van der Waals surface area (Å²) in [7, 11) is 0. The molecule has 2 amide bonds. The molecule has 3 rings (SSSR count). The first kappa shape index (κ1) is 28.1. The number of benzene rings is 2. The molecule has 192 valence electrons. The molecular formula is C27H32Cl2N4O2S. The largest absolute Gasteiger partial charge is 0.333 e. The Balaban J connectivity index is 1.78. The van der Waals surface area contributed by atoms with Crippen molar-refractivity contribution in [2.45, 2.75) is 50.8 Å². The molecule has 36 heavy (non-hydrogen) atoms. The third-order valence-corrected chi connectivity index (χ3v) is 7.20. The van der Waals surface area contributed by atoms with Crippen LogP contribution in [-0.2, 0) is 15.0 Å². The maximum Gasteiger partial charge on any atom is 0.245 e. The van der Waals surface area contributed by atoms with E-state index in [-0.39, 0.29) is 29.5 Å². The van der Waals surface area contributed by atoms with E-state index in [0.717, 1.165) is 23.4 Å². The van der Waals surface area contributed by atoms with E-state index in [4.69, 9.17) is 28.3 Å². The van der Waals surface area contributed by atoms with Crippen molar-refractivity contribution in [3.63, 3.8) is 0 Å². The van der Waals surface area contributed by atoms with Crippen LogP contribution in [0.15, 0.2) is 59.5 Å². The zero-order valence-electron chi connectivity index (χ0n) is 21.1. The molecule has 6 nitrogen and oxygen atoms in total. The van der Waals surface area contributed by atoms with E-state index in [0.29, 0.717) is 28.1 Å². The van der Waals surface area contributed by atoms with Gasteiger partial charge >= 0.3 is 0 Å². The number of carbonyl (C=O) groups excluding carboxylic acids is 2. The van der Waals surface area contributed by atoms with Crippen LogP contribution in [0.5, 0.6) is 0 Å². The predicted molar refractivity (Wildman–Crippen MR) is 150 cm³/mol. The fraction of sp³-hybridized carbons (Fsp3) is 0.370.